The lowest BCUT2D eigenvalue weighted by molar-refractivity contribution is 0.0106. The summed E-state index contributed by atoms with van der Waals surface area (Å²) in [7, 11) is 0. The predicted molar refractivity (Wildman–Crippen MR) is 135 cm³/mol. The Morgan fingerprint density at radius 1 is 0.794 bits per heavy atom. The molecule has 172 valence electrons. The molecule has 5 rings (SSSR count). The molecule has 4 heteroatoms. The summed E-state index contributed by atoms with van der Waals surface area (Å²) in [5.41, 5.74) is 3.98. The summed E-state index contributed by atoms with van der Waals surface area (Å²) in [6.07, 6.45) is 1.10. The average Bonchev–Trinajstić information content (AvgIpc) is 2.91. The largest absolute Gasteiger partial charge is 0.457 e. The maximum atomic E-state index is 12.3. The summed E-state index contributed by atoms with van der Waals surface area (Å²) in [6.45, 7) is 2.64. The van der Waals surface area contributed by atoms with Crippen molar-refractivity contribution in [3.8, 4) is 0 Å². The van der Waals surface area contributed by atoms with E-state index in [0.717, 1.165) is 25.1 Å². The van der Waals surface area contributed by atoms with Crippen LogP contribution in [0.25, 0.3) is 10.8 Å². The minimum absolute atomic E-state index is 0.0855. The van der Waals surface area contributed by atoms with Crippen LogP contribution in [0.4, 0.5) is 0 Å². The predicted octanol–water partition coefficient (Wildman–Crippen LogP) is 5.86. The molecule has 1 fully saturated rings. The molecule has 4 nitrogen and oxygen atoms in total. The second-order valence-corrected chi connectivity index (χ2v) is 8.82. The molecule has 0 aliphatic carbocycles. The minimum Gasteiger partial charge on any atom is -0.457 e. The number of carbonyl (C=O) groups excluding carboxylic acids is 1. The van der Waals surface area contributed by atoms with Gasteiger partial charge in [-0.25, -0.2) is 4.79 Å². The molecule has 1 aliphatic heterocycles. The van der Waals surface area contributed by atoms with Gasteiger partial charge in [-0.2, -0.15) is 0 Å². The molecule has 0 bridgehead atoms. The van der Waals surface area contributed by atoms with Crippen molar-refractivity contribution in [3.05, 3.63) is 119 Å². The standard InChI is InChI=1S/C30H29NO3/c32-30(25-9-2-1-3-10-25)34-21-22-7-6-12-27(18-22)28-15-16-31-19-29(28)33-20-23-13-14-24-8-4-5-11-26(24)17-23/h1-14,17-18,28-29,31H,15-16,19-21H2. The summed E-state index contributed by atoms with van der Waals surface area (Å²) in [4.78, 5) is 12.3. The molecule has 34 heavy (non-hydrogen) atoms. The van der Waals surface area contributed by atoms with Crippen molar-refractivity contribution in [2.24, 2.45) is 0 Å². The zero-order valence-corrected chi connectivity index (χ0v) is 19.2. The smallest absolute Gasteiger partial charge is 0.338 e. The maximum Gasteiger partial charge on any atom is 0.338 e. The second-order valence-electron chi connectivity index (χ2n) is 8.82. The fraction of sp³-hybridized carbons (Fsp3) is 0.233. The van der Waals surface area contributed by atoms with E-state index in [1.165, 1.54) is 21.9 Å². The molecule has 0 radical (unpaired) electrons. The van der Waals surface area contributed by atoms with Gasteiger partial charge in [-0.3, -0.25) is 0 Å². The van der Waals surface area contributed by atoms with Gasteiger partial charge in [-0.05, 0) is 58.6 Å². The third kappa shape index (κ3) is 5.36. The Hall–Kier alpha value is -3.47. The Balaban J connectivity index is 1.24. The van der Waals surface area contributed by atoms with E-state index in [9.17, 15) is 4.79 Å². The van der Waals surface area contributed by atoms with Crippen LogP contribution in [0.5, 0.6) is 0 Å². The van der Waals surface area contributed by atoms with Crippen LogP contribution in [0.1, 0.15) is 39.4 Å². The number of hydrogen-bond acceptors (Lipinski definition) is 4. The van der Waals surface area contributed by atoms with Gasteiger partial charge in [0, 0.05) is 12.5 Å². The van der Waals surface area contributed by atoms with Crippen molar-refractivity contribution in [2.75, 3.05) is 13.1 Å². The first kappa shape index (κ1) is 22.3. The highest BCUT2D eigenvalue weighted by Crippen LogP contribution is 2.29. The van der Waals surface area contributed by atoms with Crippen LogP contribution in [-0.4, -0.2) is 25.2 Å². The quantitative estimate of drug-likeness (QED) is 0.358. The fourth-order valence-corrected chi connectivity index (χ4v) is 4.64. The first-order chi connectivity index (χ1) is 16.8. The van der Waals surface area contributed by atoms with Crippen molar-refractivity contribution >= 4 is 16.7 Å². The molecular weight excluding hydrogens is 422 g/mol. The molecule has 0 saturated carbocycles. The van der Waals surface area contributed by atoms with E-state index in [4.69, 9.17) is 9.47 Å². The summed E-state index contributed by atoms with van der Waals surface area (Å²) in [5, 5.41) is 5.96. The van der Waals surface area contributed by atoms with Crippen LogP contribution >= 0.6 is 0 Å². The van der Waals surface area contributed by atoms with Gasteiger partial charge >= 0.3 is 5.97 Å². The molecule has 4 aromatic rings. The number of benzene rings is 4. The van der Waals surface area contributed by atoms with Gasteiger partial charge in [0.15, 0.2) is 0 Å². The van der Waals surface area contributed by atoms with E-state index in [-0.39, 0.29) is 18.7 Å². The van der Waals surface area contributed by atoms with E-state index in [0.29, 0.717) is 18.1 Å². The van der Waals surface area contributed by atoms with Gasteiger partial charge in [0.25, 0.3) is 0 Å². The molecule has 2 unspecified atom stereocenters. The number of carbonyl (C=O) groups is 1. The monoisotopic (exact) mass is 451 g/mol. The lowest BCUT2D eigenvalue weighted by Gasteiger charge is -2.33. The van der Waals surface area contributed by atoms with Gasteiger partial charge in [0.05, 0.1) is 18.3 Å². The third-order valence-corrected chi connectivity index (χ3v) is 6.46. The number of hydrogen-bond donors (Lipinski definition) is 1. The highest BCUT2D eigenvalue weighted by atomic mass is 16.5. The Kier molecular flexibility index (Phi) is 6.99. The lowest BCUT2D eigenvalue weighted by Crippen LogP contribution is -2.41. The van der Waals surface area contributed by atoms with Gasteiger partial charge in [0.1, 0.15) is 6.61 Å². The van der Waals surface area contributed by atoms with Crippen LogP contribution < -0.4 is 5.32 Å². The number of piperidine rings is 1. The van der Waals surface area contributed by atoms with E-state index < -0.39 is 0 Å². The first-order valence-corrected chi connectivity index (χ1v) is 11.9. The summed E-state index contributed by atoms with van der Waals surface area (Å²) < 4.78 is 12.0. The summed E-state index contributed by atoms with van der Waals surface area (Å²) >= 11 is 0. The van der Waals surface area contributed by atoms with Crippen molar-refractivity contribution < 1.29 is 14.3 Å². The van der Waals surface area contributed by atoms with Crippen LogP contribution in [-0.2, 0) is 22.7 Å². The number of esters is 1. The van der Waals surface area contributed by atoms with E-state index >= 15 is 0 Å². The third-order valence-electron chi connectivity index (χ3n) is 6.46. The molecule has 4 aromatic carbocycles. The SMILES string of the molecule is O=C(OCc1cccc(C2CCNCC2OCc2ccc3ccccc3c2)c1)c1ccccc1. The second kappa shape index (κ2) is 10.6. The van der Waals surface area contributed by atoms with Crippen LogP contribution in [0, 0.1) is 0 Å². The van der Waals surface area contributed by atoms with Gasteiger partial charge in [-0.1, -0.05) is 78.9 Å². The van der Waals surface area contributed by atoms with Gasteiger partial charge < -0.3 is 14.8 Å². The molecule has 1 aliphatic rings. The fourth-order valence-electron chi connectivity index (χ4n) is 4.64. The molecule has 0 amide bonds. The zero-order chi connectivity index (χ0) is 23.2. The molecule has 0 spiro atoms. The molecular formula is C30H29NO3. The Bertz CT molecular complexity index is 1250. The number of rotatable bonds is 7. The van der Waals surface area contributed by atoms with E-state index in [1.807, 2.05) is 30.3 Å². The van der Waals surface area contributed by atoms with Crippen molar-refractivity contribution in [1.29, 1.82) is 0 Å². The topological polar surface area (TPSA) is 47.6 Å². The Morgan fingerprint density at radius 3 is 2.47 bits per heavy atom. The first-order valence-electron chi connectivity index (χ1n) is 11.9. The molecule has 1 heterocycles. The highest BCUT2D eigenvalue weighted by molar-refractivity contribution is 5.89. The van der Waals surface area contributed by atoms with Crippen molar-refractivity contribution in [3.63, 3.8) is 0 Å². The average molecular weight is 452 g/mol. The van der Waals surface area contributed by atoms with E-state index in [2.05, 4.69) is 59.9 Å². The van der Waals surface area contributed by atoms with Gasteiger partial charge in [-0.15, -0.1) is 0 Å². The van der Waals surface area contributed by atoms with Crippen molar-refractivity contribution in [2.45, 2.75) is 31.7 Å². The number of ether oxygens (including phenoxy) is 2. The normalized spacial score (nSPS) is 18.0. The zero-order valence-electron chi connectivity index (χ0n) is 19.2. The summed E-state index contributed by atoms with van der Waals surface area (Å²) in [6, 6.07) is 32.4. The van der Waals surface area contributed by atoms with Gasteiger partial charge in [0.2, 0.25) is 0 Å². The molecule has 2 atom stereocenters. The Labute approximate surface area is 200 Å². The highest BCUT2D eigenvalue weighted by Gasteiger charge is 2.27. The van der Waals surface area contributed by atoms with Crippen LogP contribution in [0.2, 0.25) is 0 Å². The molecule has 1 saturated heterocycles. The Morgan fingerprint density at radius 2 is 1.59 bits per heavy atom. The van der Waals surface area contributed by atoms with Crippen LogP contribution in [0.15, 0.2) is 97.1 Å². The van der Waals surface area contributed by atoms with E-state index in [1.54, 1.807) is 12.1 Å². The number of fused-ring (bicyclic) bond motifs is 1. The molecule has 0 aromatic heterocycles. The number of nitrogens with one attached hydrogen (secondary N) is 1. The van der Waals surface area contributed by atoms with Crippen LogP contribution in [0.3, 0.4) is 0 Å². The van der Waals surface area contributed by atoms with Crippen molar-refractivity contribution in [1.82, 2.24) is 5.32 Å². The summed E-state index contributed by atoms with van der Waals surface area (Å²) in [5.74, 6) is -0.00375. The maximum absolute atomic E-state index is 12.3. The molecule has 1 N–H and O–H groups in total. The lowest BCUT2D eigenvalue weighted by atomic mass is 9.87. The minimum atomic E-state index is -0.301.